The van der Waals surface area contributed by atoms with Crippen LogP contribution in [0.4, 0.5) is 10.5 Å². The van der Waals surface area contributed by atoms with Gasteiger partial charge in [0.2, 0.25) is 5.75 Å². The molecule has 11 heteroatoms. The molecule has 32 heavy (non-hydrogen) atoms. The maximum Gasteiger partial charge on any atom is 0.308 e. The number of hydrogen-bond acceptors (Lipinski definition) is 9. The summed E-state index contributed by atoms with van der Waals surface area (Å²) in [5.41, 5.74) is 0.534. The first kappa shape index (κ1) is 22.8. The fourth-order valence-corrected chi connectivity index (χ4v) is 3.85. The number of carbonyl (C=O) groups excluding carboxylic acids is 3. The molecule has 0 radical (unpaired) electrons. The summed E-state index contributed by atoms with van der Waals surface area (Å²) in [6.45, 7) is 1.01. The molecule has 2 amide bonds. The lowest BCUT2D eigenvalue weighted by atomic mass is 10.1. The molecule has 10 nitrogen and oxygen atoms in total. The first-order valence-corrected chi connectivity index (χ1v) is 9.99. The second-order valence-corrected chi connectivity index (χ2v) is 7.50. The zero-order valence-corrected chi connectivity index (χ0v) is 18.1. The number of para-hydroxylation sites is 1. The molecule has 0 aromatic heterocycles. The highest BCUT2D eigenvalue weighted by Crippen LogP contribution is 2.41. The molecule has 0 saturated carbocycles. The third-order valence-corrected chi connectivity index (χ3v) is 5.32. The summed E-state index contributed by atoms with van der Waals surface area (Å²) < 4.78 is 15.7. The van der Waals surface area contributed by atoms with E-state index < -0.39 is 22.0 Å². The van der Waals surface area contributed by atoms with Gasteiger partial charge in [0.25, 0.3) is 16.8 Å². The fourth-order valence-electron chi connectivity index (χ4n) is 3.01. The molecule has 0 spiro atoms. The second kappa shape index (κ2) is 9.52. The number of rotatable bonds is 7. The van der Waals surface area contributed by atoms with E-state index in [0.29, 0.717) is 17.3 Å². The van der Waals surface area contributed by atoms with Crippen molar-refractivity contribution in [3.05, 3.63) is 62.5 Å². The lowest BCUT2D eigenvalue weighted by molar-refractivity contribution is -0.385. The third kappa shape index (κ3) is 4.72. The Labute approximate surface area is 186 Å². The summed E-state index contributed by atoms with van der Waals surface area (Å²) in [6.07, 6.45) is 1.47. The van der Waals surface area contributed by atoms with Crippen molar-refractivity contribution in [2.45, 2.75) is 13.5 Å². The highest BCUT2D eigenvalue weighted by molar-refractivity contribution is 8.18. The molecule has 0 aliphatic carbocycles. The van der Waals surface area contributed by atoms with Crippen molar-refractivity contribution in [3.63, 3.8) is 0 Å². The van der Waals surface area contributed by atoms with Gasteiger partial charge in [0.15, 0.2) is 11.5 Å². The molecular weight excluding hydrogens is 440 g/mol. The first-order chi connectivity index (χ1) is 15.2. The van der Waals surface area contributed by atoms with Gasteiger partial charge < -0.3 is 14.2 Å². The van der Waals surface area contributed by atoms with Gasteiger partial charge in [0, 0.05) is 18.6 Å². The molecule has 2 aromatic carbocycles. The van der Waals surface area contributed by atoms with E-state index in [1.807, 2.05) is 0 Å². The van der Waals surface area contributed by atoms with Crippen molar-refractivity contribution in [2.24, 2.45) is 0 Å². The normalized spacial score (nSPS) is 14.6. The third-order valence-electron chi connectivity index (χ3n) is 4.42. The highest BCUT2D eigenvalue weighted by atomic mass is 32.2. The monoisotopic (exact) mass is 458 g/mol. The van der Waals surface area contributed by atoms with Crippen LogP contribution >= 0.6 is 11.8 Å². The number of nitro groups is 1. The second-order valence-electron chi connectivity index (χ2n) is 6.50. The topological polar surface area (TPSA) is 125 Å². The lowest BCUT2D eigenvalue weighted by Crippen LogP contribution is -2.27. The number of carbonyl (C=O) groups is 3. The summed E-state index contributed by atoms with van der Waals surface area (Å²) >= 11 is 0.714. The molecular formula is C21H18N2O8S. The maximum atomic E-state index is 12.8. The standard InChI is InChI=1S/C21H18N2O8S/c1-12(24)31-19-16(29-2)8-13(9-17(19)30-3)10-18-20(25)22(21(26)32-18)11-14-6-4-5-7-15(14)23(27)28/h4-10H,11H2,1-3H3/b18-10-. The Morgan fingerprint density at radius 3 is 2.34 bits per heavy atom. The van der Waals surface area contributed by atoms with Gasteiger partial charge in [-0.3, -0.25) is 29.4 Å². The molecule has 0 N–H and O–H groups in total. The number of ether oxygens (including phenoxy) is 3. The Bertz CT molecular complexity index is 1120. The number of esters is 1. The van der Waals surface area contributed by atoms with Crippen LogP contribution in [0.5, 0.6) is 17.2 Å². The molecule has 3 rings (SSSR count). The van der Waals surface area contributed by atoms with Gasteiger partial charge in [0.1, 0.15) is 0 Å². The average molecular weight is 458 g/mol. The van der Waals surface area contributed by atoms with E-state index in [0.717, 1.165) is 4.90 Å². The fraction of sp³-hybridized carbons (Fsp3) is 0.190. The lowest BCUT2D eigenvalue weighted by Gasteiger charge is -2.14. The van der Waals surface area contributed by atoms with E-state index in [2.05, 4.69) is 0 Å². The SMILES string of the molecule is COc1cc(/C=C2\SC(=O)N(Cc3ccccc3[N+](=O)[O-])C2=O)cc(OC)c1OC(C)=O. The number of thioether (sulfide) groups is 1. The quantitative estimate of drug-likeness (QED) is 0.200. The van der Waals surface area contributed by atoms with Crippen molar-refractivity contribution in [3.8, 4) is 17.2 Å². The van der Waals surface area contributed by atoms with Crippen LogP contribution < -0.4 is 14.2 Å². The maximum absolute atomic E-state index is 12.8. The molecule has 1 aliphatic rings. The molecule has 1 heterocycles. The Hall–Kier alpha value is -3.86. The first-order valence-electron chi connectivity index (χ1n) is 9.17. The summed E-state index contributed by atoms with van der Waals surface area (Å²) in [6, 6.07) is 8.96. The van der Waals surface area contributed by atoms with Crippen LogP contribution in [0.25, 0.3) is 6.08 Å². The van der Waals surface area contributed by atoms with Gasteiger partial charge in [-0.1, -0.05) is 18.2 Å². The molecule has 166 valence electrons. The summed E-state index contributed by atoms with van der Waals surface area (Å²) in [5.74, 6) is -0.662. The van der Waals surface area contributed by atoms with E-state index in [-0.39, 0.29) is 39.9 Å². The Balaban J connectivity index is 1.92. The predicted molar refractivity (Wildman–Crippen MR) is 115 cm³/mol. The van der Waals surface area contributed by atoms with Crippen molar-refractivity contribution < 1.29 is 33.5 Å². The van der Waals surface area contributed by atoms with Gasteiger partial charge in [-0.15, -0.1) is 0 Å². The van der Waals surface area contributed by atoms with Crippen LogP contribution in [-0.4, -0.2) is 41.2 Å². The van der Waals surface area contributed by atoms with Crippen molar-refractivity contribution in [2.75, 3.05) is 14.2 Å². The summed E-state index contributed by atoms with van der Waals surface area (Å²) in [5, 5.41) is 10.7. The number of imide groups is 1. The summed E-state index contributed by atoms with van der Waals surface area (Å²) in [4.78, 5) is 48.4. The van der Waals surface area contributed by atoms with E-state index in [1.54, 1.807) is 6.07 Å². The summed E-state index contributed by atoms with van der Waals surface area (Å²) in [7, 11) is 2.76. The Morgan fingerprint density at radius 2 is 1.78 bits per heavy atom. The van der Waals surface area contributed by atoms with Crippen molar-refractivity contribution in [1.82, 2.24) is 4.90 Å². The van der Waals surface area contributed by atoms with E-state index in [1.165, 1.54) is 57.6 Å². The van der Waals surface area contributed by atoms with Crippen LogP contribution in [0.1, 0.15) is 18.1 Å². The van der Waals surface area contributed by atoms with E-state index in [4.69, 9.17) is 14.2 Å². The molecule has 0 bridgehead atoms. The number of amides is 2. The van der Waals surface area contributed by atoms with Crippen LogP contribution in [0.2, 0.25) is 0 Å². The number of nitro benzene ring substituents is 1. The minimum atomic E-state index is -0.583. The van der Waals surface area contributed by atoms with Crippen LogP contribution in [-0.2, 0) is 16.1 Å². The van der Waals surface area contributed by atoms with Crippen molar-refractivity contribution >= 4 is 40.6 Å². The number of benzene rings is 2. The van der Waals surface area contributed by atoms with Gasteiger partial charge in [-0.25, -0.2) is 0 Å². The number of methoxy groups -OCH3 is 2. The smallest absolute Gasteiger partial charge is 0.308 e. The molecule has 2 aromatic rings. The number of nitrogens with zero attached hydrogens (tertiary/aromatic N) is 2. The number of hydrogen-bond donors (Lipinski definition) is 0. The minimum absolute atomic E-state index is 0.0872. The zero-order valence-electron chi connectivity index (χ0n) is 17.3. The largest absolute Gasteiger partial charge is 0.493 e. The van der Waals surface area contributed by atoms with Crippen molar-refractivity contribution in [1.29, 1.82) is 0 Å². The molecule has 0 atom stereocenters. The Kier molecular flexibility index (Phi) is 6.79. The highest BCUT2D eigenvalue weighted by Gasteiger charge is 2.36. The minimum Gasteiger partial charge on any atom is -0.493 e. The van der Waals surface area contributed by atoms with E-state index in [9.17, 15) is 24.5 Å². The predicted octanol–water partition coefficient (Wildman–Crippen LogP) is 3.77. The molecule has 1 saturated heterocycles. The van der Waals surface area contributed by atoms with Gasteiger partial charge in [0.05, 0.1) is 30.6 Å². The molecule has 1 fully saturated rings. The van der Waals surface area contributed by atoms with Crippen LogP contribution in [0.15, 0.2) is 41.3 Å². The van der Waals surface area contributed by atoms with Crippen LogP contribution in [0.3, 0.4) is 0 Å². The van der Waals surface area contributed by atoms with E-state index >= 15 is 0 Å². The average Bonchev–Trinajstić information content (AvgIpc) is 3.01. The van der Waals surface area contributed by atoms with Crippen LogP contribution in [0, 0.1) is 10.1 Å². The van der Waals surface area contributed by atoms with Gasteiger partial charge in [-0.05, 0) is 35.5 Å². The van der Waals surface area contributed by atoms with Gasteiger partial charge in [-0.2, -0.15) is 0 Å². The zero-order chi connectivity index (χ0) is 23.4. The molecule has 1 aliphatic heterocycles. The molecule has 0 unspecified atom stereocenters. The van der Waals surface area contributed by atoms with Gasteiger partial charge >= 0.3 is 5.97 Å². The Morgan fingerprint density at radius 1 is 1.16 bits per heavy atom.